The van der Waals surface area contributed by atoms with Crippen molar-refractivity contribution in [2.45, 2.75) is 29.6 Å². The molecule has 0 N–H and O–H groups in total. The third-order valence-electron chi connectivity index (χ3n) is 5.12. The van der Waals surface area contributed by atoms with E-state index in [1.807, 2.05) is 67.6 Å². The number of rotatable bonds is 4. The maximum Gasteiger partial charge on any atom is 0.174 e. The molecule has 0 fully saturated rings. The standard InChI is InChI=1S/C24H20O2S/c1-15-11-13-17(14-12-15)24(26)22(16(2)25)23-18-7-3-5-9-20(18)27-21-10-6-4-8-19(21)23/h3-14,22-23H,1-2H3/t22-/m1/s1. The molecule has 1 heterocycles. The largest absolute Gasteiger partial charge is 0.299 e. The first-order chi connectivity index (χ1) is 13.1. The van der Waals surface area contributed by atoms with Crippen LogP contribution in [0.2, 0.25) is 0 Å². The highest BCUT2D eigenvalue weighted by Gasteiger charge is 2.39. The fraction of sp³-hybridized carbons (Fsp3) is 0.167. The molecule has 0 aromatic heterocycles. The van der Waals surface area contributed by atoms with E-state index >= 15 is 0 Å². The lowest BCUT2D eigenvalue weighted by Crippen LogP contribution is -2.31. The quantitative estimate of drug-likeness (QED) is 0.436. The summed E-state index contributed by atoms with van der Waals surface area (Å²) in [4.78, 5) is 28.3. The molecule has 4 rings (SSSR count). The van der Waals surface area contributed by atoms with Crippen LogP contribution in [0.5, 0.6) is 0 Å². The van der Waals surface area contributed by atoms with Gasteiger partial charge in [-0.25, -0.2) is 0 Å². The smallest absolute Gasteiger partial charge is 0.174 e. The van der Waals surface area contributed by atoms with E-state index in [-0.39, 0.29) is 17.5 Å². The van der Waals surface area contributed by atoms with Crippen LogP contribution in [0.1, 0.15) is 39.9 Å². The van der Waals surface area contributed by atoms with Gasteiger partial charge in [0.1, 0.15) is 5.78 Å². The van der Waals surface area contributed by atoms with E-state index in [2.05, 4.69) is 12.1 Å². The Bertz CT molecular complexity index is 975. The number of Topliss-reactive ketones (excluding diaryl/α,β-unsaturated/α-hetero) is 2. The summed E-state index contributed by atoms with van der Waals surface area (Å²) in [7, 11) is 0. The highest BCUT2D eigenvalue weighted by atomic mass is 32.2. The number of carbonyl (C=O) groups excluding carboxylic acids is 2. The van der Waals surface area contributed by atoms with Crippen molar-refractivity contribution in [3.05, 3.63) is 95.1 Å². The van der Waals surface area contributed by atoms with Gasteiger partial charge in [-0.1, -0.05) is 78.0 Å². The topological polar surface area (TPSA) is 34.1 Å². The van der Waals surface area contributed by atoms with Crippen LogP contribution >= 0.6 is 11.8 Å². The fourth-order valence-electron chi connectivity index (χ4n) is 3.77. The second-order valence-corrected chi connectivity index (χ2v) is 8.06. The molecule has 2 nitrogen and oxygen atoms in total. The minimum absolute atomic E-state index is 0.0953. The minimum Gasteiger partial charge on any atom is -0.299 e. The summed E-state index contributed by atoms with van der Waals surface area (Å²) in [6, 6.07) is 23.7. The molecular formula is C24H20O2S. The first-order valence-electron chi connectivity index (χ1n) is 9.03. The molecule has 3 heteroatoms. The second kappa shape index (κ2) is 7.16. The van der Waals surface area contributed by atoms with E-state index in [0.717, 1.165) is 26.5 Å². The number of carbonyl (C=O) groups is 2. The van der Waals surface area contributed by atoms with E-state index in [9.17, 15) is 9.59 Å². The van der Waals surface area contributed by atoms with E-state index in [4.69, 9.17) is 0 Å². The maximum absolute atomic E-state index is 13.4. The predicted octanol–water partition coefficient (Wildman–Crippen LogP) is 5.68. The first-order valence-corrected chi connectivity index (χ1v) is 9.85. The third kappa shape index (κ3) is 3.24. The number of hydrogen-bond donors (Lipinski definition) is 0. The summed E-state index contributed by atoms with van der Waals surface area (Å²) in [5, 5.41) is 0. The van der Waals surface area contributed by atoms with Gasteiger partial charge in [-0.05, 0) is 37.1 Å². The molecule has 0 unspecified atom stereocenters. The average Bonchev–Trinajstić information content (AvgIpc) is 2.68. The molecule has 134 valence electrons. The molecule has 3 aromatic carbocycles. The summed E-state index contributed by atoms with van der Waals surface area (Å²) >= 11 is 1.70. The zero-order chi connectivity index (χ0) is 19.0. The number of benzene rings is 3. The fourth-order valence-corrected chi connectivity index (χ4v) is 4.93. The molecule has 0 radical (unpaired) electrons. The second-order valence-electron chi connectivity index (χ2n) is 6.97. The zero-order valence-corrected chi connectivity index (χ0v) is 16.1. The van der Waals surface area contributed by atoms with Gasteiger partial charge in [0, 0.05) is 21.3 Å². The van der Waals surface area contributed by atoms with E-state index in [1.54, 1.807) is 11.8 Å². The molecule has 0 bridgehead atoms. The van der Waals surface area contributed by atoms with Gasteiger partial charge in [-0.15, -0.1) is 0 Å². The number of ketones is 2. The monoisotopic (exact) mass is 372 g/mol. The molecule has 1 aliphatic rings. The van der Waals surface area contributed by atoms with Crippen molar-refractivity contribution >= 4 is 23.3 Å². The minimum atomic E-state index is -0.726. The summed E-state index contributed by atoms with van der Waals surface area (Å²) in [6.07, 6.45) is 0. The van der Waals surface area contributed by atoms with Crippen LogP contribution in [0.3, 0.4) is 0 Å². The van der Waals surface area contributed by atoms with Crippen molar-refractivity contribution in [2.75, 3.05) is 0 Å². The van der Waals surface area contributed by atoms with Crippen molar-refractivity contribution < 1.29 is 9.59 Å². The summed E-state index contributed by atoms with van der Waals surface area (Å²) in [5.74, 6) is -1.19. The van der Waals surface area contributed by atoms with Crippen LogP contribution in [0.15, 0.2) is 82.6 Å². The summed E-state index contributed by atoms with van der Waals surface area (Å²) < 4.78 is 0. The van der Waals surface area contributed by atoms with E-state index < -0.39 is 5.92 Å². The Kier molecular flexibility index (Phi) is 4.71. The average molecular weight is 372 g/mol. The molecule has 0 saturated carbocycles. The highest BCUT2D eigenvalue weighted by Crippen LogP contribution is 2.49. The Balaban J connectivity index is 1.87. The normalized spacial score (nSPS) is 14.1. The Morgan fingerprint density at radius 2 is 1.33 bits per heavy atom. The van der Waals surface area contributed by atoms with Gasteiger partial charge in [0.25, 0.3) is 0 Å². The molecule has 0 spiro atoms. The van der Waals surface area contributed by atoms with E-state index in [0.29, 0.717) is 5.56 Å². The molecule has 1 aliphatic heterocycles. The highest BCUT2D eigenvalue weighted by molar-refractivity contribution is 7.99. The SMILES string of the molecule is CC(=O)[C@@H](C(=O)c1ccc(C)cc1)C1c2ccccc2Sc2ccccc21. The van der Waals surface area contributed by atoms with Crippen molar-refractivity contribution in [3.63, 3.8) is 0 Å². The van der Waals surface area contributed by atoms with Gasteiger partial charge in [-0.3, -0.25) is 9.59 Å². The summed E-state index contributed by atoms with van der Waals surface area (Å²) in [6.45, 7) is 3.52. The Hall–Kier alpha value is -2.65. The lowest BCUT2D eigenvalue weighted by atomic mass is 9.75. The van der Waals surface area contributed by atoms with Gasteiger partial charge < -0.3 is 0 Å². The van der Waals surface area contributed by atoms with Gasteiger partial charge in [0.15, 0.2) is 5.78 Å². The van der Waals surface area contributed by atoms with Gasteiger partial charge in [0.05, 0.1) is 5.92 Å². The Labute approximate surface area is 163 Å². The van der Waals surface area contributed by atoms with Crippen LogP contribution in [0.25, 0.3) is 0 Å². The van der Waals surface area contributed by atoms with Gasteiger partial charge >= 0.3 is 0 Å². The molecule has 0 saturated heterocycles. The van der Waals surface area contributed by atoms with Gasteiger partial charge in [0.2, 0.25) is 0 Å². The number of fused-ring (bicyclic) bond motifs is 2. The van der Waals surface area contributed by atoms with E-state index in [1.165, 1.54) is 6.92 Å². The molecular weight excluding hydrogens is 352 g/mol. The molecule has 3 aromatic rings. The van der Waals surface area contributed by atoms with Crippen LogP contribution in [-0.4, -0.2) is 11.6 Å². The van der Waals surface area contributed by atoms with Crippen molar-refractivity contribution in [1.82, 2.24) is 0 Å². The molecule has 27 heavy (non-hydrogen) atoms. The van der Waals surface area contributed by atoms with Crippen LogP contribution < -0.4 is 0 Å². The number of hydrogen-bond acceptors (Lipinski definition) is 3. The lowest BCUT2D eigenvalue weighted by molar-refractivity contribution is -0.119. The van der Waals surface area contributed by atoms with Crippen molar-refractivity contribution in [3.8, 4) is 0 Å². The third-order valence-corrected chi connectivity index (χ3v) is 6.30. The first kappa shape index (κ1) is 17.7. The zero-order valence-electron chi connectivity index (χ0n) is 15.3. The molecule has 0 amide bonds. The van der Waals surface area contributed by atoms with Gasteiger partial charge in [-0.2, -0.15) is 0 Å². The van der Waals surface area contributed by atoms with Crippen molar-refractivity contribution in [2.24, 2.45) is 5.92 Å². The molecule has 0 aliphatic carbocycles. The predicted molar refractivity (Wildman–Crippen MR) is 109 cm³/mol. The number of aryl methyl sites for hydroxylation is 1. The van der Waals surface area contributed by atoms with Crippen molar-refractivity contribution in [1.29, 1.82) is 0 Å². The van der Waals surface area contributed by atoms with Crippen LogP contribution in [0, 0.1) is 12.8 Å². The molecule has 1 atom stereocenters. The Morgan fingerprint density at radius 1 is 0.815 bits per heavy atom. The lowest BCUT2D eigenvalue weighted by Gasteiger charge is -2.32. The van der Waals surface area contributed by atoms with Crippen LogP contribution in [-0.2, 0) is 4.79 Å². The maximum atomic E-state index is 13.4. The van der Waals surface area contributed by atoms with Crippen LogP contribution in [0.4, 0.5) is 0 Å². The Morgan fingerprint density at radius 3 is 1.85 bits per heavy atom. The summed E-state index contributed by atoms with van der Waals surface area (Å²) in [5.41, 5.74) is 3.80.